The van der Waals surface area contributed by atoms with Gasteiger partial charge in [-0.3, -0.25) is 4.79 Å². The van der Waals surface area contributed by atoms with Gasteiger partial charge in [0.1, 0.15) is 11.4 Å². The number of carbonyl (C=O) groups is 1. The highest BCUT2D eigenvalue weighted by molar-refractivity contribution is 5.72. The van der Waals surface area contributed by atoms with Gasteiger partial charge in [0, 0.05) is 6.42 Å². The monoisotopic (exact) mass is 320 g/mol. The molecule has 1 aliphatic rings. The highest BCUT2D eigenvalue weighted by Gasteiger charge is 2.27. The van der Waals surface area contributed by atoms with E-state index in [1.807, 2.05) is 52.0 Å². The molecule has 2 unspecified atom stereocenters. The van der Waals surface area contributed by atoms with Crippen molar-refractivity contribution in [3.05, 3.63) is 29.8 Å². The molecule has 0 spiro atoms. The Morgan fingerprint density at radius 1 is 1.30 bits per heavy atom. The fourth-order valence-corrected chi connectivity index (χ4v) is 2.47. The first-order chi connectivity index (χ1) is 10.9. The number of esters is 1. The third-order valence-corrected chi connectivity index (χ3v) is 4.33. The van der Waals surface area contributed by atoms with Crippen LogP contribution in [0.1, 0.15) is 58.9 Å². The predicted octanol–water partition coefficient (Wildman–Crippen LogP) is 4.42. The Kier molecular flexibility index (Phi) is 6.05. The summed E-state index contributed by atoms with van der Waals surface area (Å²) in [6.07, 6.45) is 3.81. The molecule has 1 aromatic carbocycles. The maximum absolute atomic E-state index is 12.0. The lowest BCUT2D eigenvalue weighted by Crippen LogP contribution is -2.28. The lowest BCUT2D eigenvalue weighted by molar-refractivity contribution is -0.162. The van der Waals surface area contributed by atoms with Crippen molar-refractivity contribution in [2.24, 2.45) is 5.92 Å². The van der Waals surface area contributed by atoms with Crippen LogP contribution in [0.5, 0.6) is 5.75 Å². The van der Waals surface area contributed by atoms with Crippen LogP contribution >= 0.6 is 0 Å². The Morgan fingerprint density at radius 3 is 2.57 bits per heavy atom. The average Bonchev–Trinajstić information content (AvgIpc) is 2.55. The van der Waals surface area contributed by atoms with Gasteiger partial charge >= 0.3 is 5.97 Å². The summed E-state index contributed by atoms with van der Waals surface area (Å²) in [4.78, 5) is 12.0. The third kappa shape index (κ3) is 4.96. The van der Waals surface area contributed by atoms with Gasteiger partial charge in [0.25, 0.3) is 0 Å². The largest absolute Gasteiger partial charge is 0.465 e. The number of carbonyl (C=O) groups excluding carboxylic acids is 1. The Labute approximate surface area is 139 Å². The Bertz CT molecular complexity index is 501. The molecular weight excluding hydrogens is 292 g/mol. The van der Waals surface area contributed by atoms with E-state index in [4.69, 9.17) is 14.2 Å². The van der Waals surface area contributed by atoms with E-state index in [1.165, 1.54) is 0 Å². The second kappa shape index (κ2) is 7.82. The molecule has 1 aromatic rings. The lowest BCUT2D eigenvalue weighted by atomic mass is 9.97. The lowest BCUT2D eigenvalue weighted by Gasteiger charge is -2.28. The summed E-state index contributed by atoms with van der Waals surface area (Å²) in [6, 6.07) is 7.71. The van der Waals surface area contributed by atoms with Crippen molar-refractivity contribution in [1.29, 1.82) is 0 Å². The first kappa shape index (κ1) is 17.8. The van der Waals surface area contributed by atoms with Crippen molar-refractivity contribution in [1.82, 2.24) is 0 Å². The Hall–Kier alpha value is -1.55. The maximum Gasteiger partial charge on any atom is 0.309 e. The van der Waals surface area contributed by atoms with Gasteiger partial charge in [0.05, 0.1) is 12.5 Å². The van der Waals surface area contributed by atoms with Gasteiger partial charge in [-0.05, 0) is 50.8 Å². The molecule has 1 heterocycles. The summed E-state index contributed by atoms with van der Waals surface area (Å²) in [7, 11) is 0. The van der Waals surface area contributed by atoms with Crippen LogP contribution in [0.3, 0.4) is 0 Å². The molecule has 0 aliphatic carbocycles. The van der Waals surface area contributed by atoms with Gasteiger partial charge in [-0.1, -0.05) is 26.0 Å². The number of rotatable bonds is 6. The van der Waals surface area contributed by atoms with Crippen molar-refractivity contribution in [2.75, 3.05) is 6.61 Å². The molecule has 2 rings (SSSR count). The van der Waals surface area contributed by atoms with Gasteiger partial charge in [-0.25, -0.2) is 0 Å². The normalized spacial score (nSPS) is 19.9. The minimum absolute atomic E-state index is 0.0830. The van der Waals surface area contributed by atoms with Gasteiger partial charge in [-0.15, -0.1) is 0 Å². The van der Waals surface area contributed by atoms with Gasteiger partial charge in [-0.2, -0.15) is 0 Å². The molecule has 23 heavy (non-hydrogen) atoms. The number of hydrogen-bond donors (Lipinski definition) is 0. The molecule has 1 fully saturated rings. The zero-order valence-corrected chi connectivity index (χ0v) is 14.6. The van der Waals surface area contributed by atoms with E-state index in [1.54, 1.807) is 0 Å². The number of benzene rings is 1. The van der Waals surface area contributed by atoms with Crippen LogP contribution in [-0.2, 0) is 19.9 Å². The van der Waals surface area contributed by atoms with Crippen molar-refractivity contribution >= 4 is 5.97 Å². The highest BCUT2D eigenvalue weighted by Crippen LogP contribution is 2.28. The maximum atomic E-state index is 12.0. The molecule has 0 aromatic heterocycles. The van der Waals surface area contributed by atoms with Crippen LogP contribution in [0.4, 0.5) is 0 Å². The van der Waals surface area contributed by atoms with Crippen LogP contribution in [0, 0.1) is 5.92 Å². The quantitative estimate of drug-likeness (QED) is 0.728. The topological polar surface area (TPSA) is 44.8 Å². The third-order valence-electron chi connectivity index (χ3n) is 4.33. The molecule has 2 atom stereocenters. The number of ether oxygens (including phenoxy) is 3. The molecule has 0 N–H and O–H groups in total. The van der Waals surface area contributed by atoms with E-state index in [9.17, 15) is 4.79 Å². The van der Waals surface area contributed by atoms with Gasteiger partial charge in [0.2, 0.25) is 0 Å². The fourth-order valence-electron chi connectivity index (χ4n) is 2.47. The summed E-state index contributed by atoms with van der Waals surface area (Å²) in [5.41, 5.74) is 0.298. The zero-order valence-electron chi connectivity index (χ0n) is 14.6. The summed E-state index contributed by atoms with van der Waals surface area (Å²) < 4.78 is 17.1. The van der Waals surface area contributed by atoms with Crippen LogP contribution in [0.25, 0.3) is 0 Å². The van der Waals surface area contributed by atoms with Gasteiger partial charge in [0.15, 0.2) is 6.29 Å². The van der Waals surface area contributed by atoms with E-state index in [2.05, 4.69) is 0 Å². The predicted molar refractivity (Wildman–Crippen MR) is 89.2 cm³/mol. The molecule has 0 amide bonds. The second-order valence-electron chi connectivity index (χ2n) is 6.68. The van der Waals surface area contributed by atoms with Crippen LogP contribution < -0.4 is 4.74 Å². The second-order valence-corrected chi connectivity index (χ2v) is 6.68. The van der Waals surface area contributed by atoms with Crippen LogP contribution in [0.2, 0.25) is 0 Å². The van der Waals surface area contributed by atoms with E-state index in [-0.39, 0.29) is 18.2 Å². The van der Waals surface area contributed by atoms with Crippen LogP contribution in [0.15, 0.2) is 24.3 Å². The summed E-state index contributed by atoms with van der Waals surface area (Å²) >= 11 is 0. The van der Waals surface area contributed by atoms with E-state index < -0.39 is 5.60 Å². The molecule has 128 valence electrons. The fraction of sp³-hybridized carbons (Fsp3) is 0.632. The SMILES string of the molecule is CCC(C)C(=O)OC(C)(C)c1ccc(OC2CCCCO2)cc1. The van der Waals surface area contributed by atoms with Crippen molar-refractivity contribution in [3.8, 4) is 5.75 Å². The van der Waals surface area contributed by atoms with Crippen LogP contribution in [-0.4, -0.2) is 18.9 Å². The summed E-state index contributed by atoms with van der Waals surface area (Å²) in [5, 5.41) is 0. The van der Waals surface area contributed by atoms with E-state index in [0.29, 0.717) is 0 Å². The minimum atomic E-state index is -0.652. The molecule has 0 radical (unpaired) electrons. The van der Waals surface area contributed by atoms with Crippen molar-refractivity contribution in [3.63, 3.8) is 0 Å². The first-order valence-corrected chi connectivity index (χ1v) is 8.54. The smallest absolute Gasteiger partial charge is 0.309 e. The molecule has 0 bridgehead atoms. The minimum Gasteiger partial charge on any atom is -0.465 e. The van der Waals surface area contributed by atoms with Crippen molar-refractivity contribution in [2.45, 2.75) is 65.3 Å². The first-order valence-electron chi connectivity index (χ1n) is 8.54. The zero-order chi connectivity index (χ0) is 16.9. The Balaban J connectivity index is 1.98. The highest BCUT2D eigenvalue weighted by atomic mass is 16.7. The molecule has 4 nitrogen and oxygen atoms in total. The summed E-state index contributed by atoms with van der Waals surface area (Å²) in [5.74, 6) is 0.540. The van der Waals surface area contributed by atoms with Crippen molar-refractivity contribution < 1.29 is 19.0 Å². The van der Waals surface area contributed by atoms with E-state index >= 15 is 0 Å². The standard InChI is InChI=1S/C19H28O4/c1-5-14(2)18(20)23-19(3,4)15-9-11-16(12-10-15)22-17-8-6-7-13-21-17/h9-12,14,17H,5-8,13H2,1-4H3. The molecule has 1 saturated heterocycles. The summed E-state index contributed by atoms with van der Waals surface area (Å²) in [6.45, 7) is 8.46. The number of hydrogen-bond acceptors (Lipinski definition) is 4. The van der Waals surface area contributed by atoms with Gasteiger partial charge < -0.3 is 14.2 Å². The molecule has 4 heteroatoms. The van der Waals surface area contributed by atoms with E-state index in [0.717, 1.165) is 43.6 Å². The average molecular weight is 320 g/mol. The Morgan fingerprint density at radius 2 is 2.00 bits per heavy atom. The molecule has 1 aliphatic heterocycles. The molecule has 0 saturated carbocycles. The molecular formula is C19H28O4.